The Hall–Kier alpha value is -2.34. The highest BCUT2D eigenvalue weighted by molar-refractivity contribution is 6.18. The third-order valence-electron chi connectivity index (χ3n) is 4.42. The van der Waals surface area contributed by atoms with Gasteiger partial charge in [0.2, 0.25) is 0 Å². The minimum Gasteiger partial charge on any atom is -0.0616 e. The van der Waals surface area contributed by atoms with E-state index in [4.69, 9.17) is 0 Å². The van der Waals surface area contributed by atoms with Crippen LogP contribution in [0.25, 0.3) is 32.3 Å². The van der Waals surface area contributed by atoms with Crippen LogP contribution in [0.1, 0.15) is 25.3 Å². The molecule has 0 heterocycles. The van der Waals surface area contributed by atoms with Gasteiger partial charge in [0, 0.05) is 0 Å². The number of benzene rings is 4. The largest absolute Gasteiger partial charge is 0.0616 e. The highest BCUT2D eigenvalue weighted by Crippen LogP contribution is 2.35. The number of hydrogen-bond acceptors (Lipinski definition) is 0. The molecular weight excluding hydrogens is 252 g/mol. The van der Waals surface area contributed by atoms with Crippen molar-refractivity contribution in [1.29, 1.82) is 0 Å². The van der Waals surface area contributed by atoms with Gasteiger partial charge in [0.1, 0.15) is 0 Å². The zero-order valence-electron chi connectivity index (χ0n) is 12.4. The zero-order chi connectivity index (χ0) is 14.4. The van der Waals surface area contributed by atoms with Gasteiger partial charge in [0.05, 0.1) is 0 Å². The van der Waals surface area contributed by atoms with E-state index in [0.29, 0.717) is 5.92 Å². The van der Waals surface area contributed by atoms with E-state index in [1.54, 1.807) is 0 Å². The maximum absolute atomic E-state index is 2.39. The van der Waals surface area contributed by atoms with Gasteiger partial charge in [0.25, 0.3) is 0 Å². The van der Waals surface area contributed by atoms with Crippen LogP contribution < -0.4 is 0 Å². The first-order chi connectivity index (χ1) is 10.3. The third-order valence-corrected chi connectivity index (χ3v) is 4.42. The predicted octanol–water partition coefficient (Wildman–Crippen LogP) is 6.27. The summed E-state index contributed by atoms with van der Waals surface area (Å²) < 4.78 is 0. The SMILES string of the molecule is CC(C)c1cc2c3ccccc3ccc2c2ccccc12. The predicted molar refractivity (Wildman–Crippen MR) is 93.0 cm³/mol. The van der Waals surface area contributed by atoms with Crippen molar-refractivity contribution in [3.63, 3.8) is 0 Å². The Bertz CT molecular complexity index is 961. The molecule has 0 N–H and O–H groups in total. The van der Waals surface area contributed by atoms with Gasteiger partial charge in [-0.25, -0.2) is 0 Å². The average molecular weight is 270 g/mol. The van der Waals surface area contributed by atoms with Crippen LogP contribution in [0.5, 0.6) is 0 Å². The lowest BCUT2D eigenvalue weighted by Crippen LogP contribution is -1.91. The molecule has 0 amide bonds. The average Bonchev–Trinajstić information content (AvgIpc) is 2.53. The Kier molecular flexibility index (Phi) is 2.71. The van der Waals surface area contributed by atoms with Crippen molar-refractivity contribution in [2.45, 2.75) is 19.8 Å². The van der Waals surface area contributed by atoms with Crippen molar-refractivity contribution >= 4 is 32.3 Å². The molecule has 4 aromatic carbocycles. The van der Waals surface area contributed by atoms with Gasteiger partial charge >= 0.3 is 0 Å². The molecule has 0 spiro atoms. The van der Waals surface area contributed by atoms with E-state index in [1.807, 2.05) is 0 Å². The second-order valence-electron chi connectivity index (χ2n) is 6.05. The minimum absolute atomic E-state index is 0.526. The van der Waals surface area contributed by atoms with Crippen LogP contribution in [-0.4, -0.2) is 0 Å². The lowest BCUT2D eigenvalue weighted by Gasteiger charge is -2.14. The molecule has 0 aliphatic carbocycles. The molecule has 0 heteroatoms. The van der Waals surface area contributed by atoms with Gasteiger partial charge in [-0.3, -0.25) is 0 Å². The molecule has 0 nitrogen and oxygen atoms in total. The lowest BCUT2D eigenvalue weighted by atomic mass is 9.90. The molecule has 0 saturated heterocycles. The Labute approximate surface area is 125 Å². The van der Waals surface area contributed by atoms with Crippen LogP contribution in [0.2, 0.25) is 0 Å². The van der Waals surface area contributed by atoms with Crippen molar-refractivity contribution in [3.05, 3.63) is 72.3 Å². The molecule has 0 fully saturated rings. The second kappa shape index (κ2) is 4.60. The molecule has 0 saturated carbocycles. The molecule has 102 valence electrons. The normalized spacial score (nSPS) is 11.8. The van der Waals surface area contributed by atoms with Gasteiger partial charge in [0.15, 0.2) is 0 Å². The minimum atomic E-state index is 0.526. The van der Waals surface area contributed by atoms with Crippen molar-refractivity contribution in [2.75, 3.05) is 0 Å². The smallest absolute Gasteiger partial charge is 0.00961 e. The van der Waals surface area contributed by atoms with Crippen molar-refractivity contribution in [1.82, 2.24) is 0 Å². The number of rotatable bonds is 1. The van der Waals surface area contributed by atoms with Crippen LogP contribution in [-0.2, 0) is 0 Å². The van der Waals surface area contributed by atoms with Crippen LogP contribution in [0.15, 0.2) is 66.7 Å². The highest BCUT2D eigenvalue weighted by atomic mass is 14.1. The summed E-state index contributed by atoms with van der Waals surface area (Å²) in [4.78, 5) is 0. The van der Waals surface area contributed by atoms with Crippen molar-refractivity contribution < 1.29 is 0 Å². The van der Waals surface area contributed by atoms with E-state index >= 15 is 0 Å². The quantitative estimate of drug-likeness (QED) is 0.357. The Balaban J connectivity index is 2.29. The van der Waals surface area contributed by atoms with Crippen LogP contribution in [0, 0.1) is 0 Å². The van der Waals surface area contributed by atoms with Gasteiger partial charge in [-0.15, -0.1) is 0 Å². The molecule has 0 radical (unpaired) electrons. The summed E-state index contributed by atoms with van der Waals surface area (Å²) in [6.45, 7) is 4.55. The van der Waals surface area contributed by atoms with E-state index < -0.39 is 0 Å². The first-order valence-corrected chi connectivity index (χ1v) is 7.59. The summed E-state index contributed by atoms with van der Waals surface area (Å²) in [7, 11) is 0. The molecule has 4 aromatic rings. The molecule has 0 aliphatic heterocycles. The third kappa shape index (κ3) is 1.83. The molecule has 4 rings (SSSR count). The second-order valence-corrected chi connectivity index (χ2v) is 6.05. The summed E-state index contributed by atoms with van der Waals surface area (Å²) in [6.07, 6.45) is 0. The zero-order valence-corrected chi connectivity index (χ0v) is 12.4. The van der Waals surface area contributed by atoms with Crippen LogP contribution in [0.4, 0.5) is 0 Å². The van der Waals surface area contributed by atoms with Crippen LogP contribution in [0.3, 0.4) is 0 Å². The van der Waals surface area contributed by atoms with E-state index in [2.05, 4.69) is 80.6 Å². The molecular formula is C21H18. The summed E-state index contributed by atoms with van der Waals surface area (Å²) in [5, 5.41) is 8.14. The van der Waals surface area contributed by atoms with E-state index in [9.17, 15) is 0 Å². The lowest BCUT2D eigenvalue weighted by molar-refractivity contribution is 0.878. The van der Waals surface area contributed by atoms with E-state index in [0.717, 1.165) is 0 Å². The fraction of sp³-hybridized carbons (Fsp3) is 0.143. The van der Waals surface area contributed by atoms with Crippen molar-refractivity contribution in [3.8, 4) is 0 Å². The summed E-state index contributed by atoms with van der Waals surface area (Å²) in [5.41, 5.74) is 1.44. The molecule has 0 aliphatic rings. The van der Waals surface area contributed by atoms with Gasteiger partial charge in [-0.05, 0) is 49.9 Å². The summed E-state index contributed by atoms with van der Waals surface area (Å²) in [5.74, 6) is 0.526. The van der Waals surface area contributed by atoms with Gasteiger partial charge in [-0.2, -0.15) is 0 Å². The van der Waals surface area contributed by atoms with Gasteiger partial charge in [-0.1, -0.05) is 74.5 Å². The summed E-state index contributed by atoms with van der Waals surface area (Å²) in [6, 6.07) is 24.3. The standard InChI is InChI=1S/C21H18/c1-14(2)20-13-21-16-8-4-3-7-15(16)11-12-19(21)17-9-5-6-10-18(17)20/h3-14H,1-2H3. The van der Waals surface area contributed by atoms with E-state index in [1.165, 1.54) is 37.9 Å². The van der Waals surface area contributed by atoms with Gasteiger partial charge < -0.3 is 0 Å². The Morgan fingerprint density at radius 2 is 1.19 bits per heavy atom. The van der Waals surface area contributed by atoms with Crippen molar-refractivity contribution in [2.24, 2.45) is 0 Å². The number of fused-ring (bicyclic) bond motifs is 5. The Morgan fingerprint density at radius 1 is 0.571 bits per heavy atom. The first-order valence-electron chi connectivity index (χ1n) is 7.59. The fourth-order valence-electron chi connectivity index (χ4n) is 3.37. The number of hydrogen-bond donors (Lipinski definition) is 0. The molecule has 21 heavy (non-hydrogen) atoms. The molecule has 0 atom stereocenters. The fourth-order valence-corrected chi connectivity index (χ4v) is 3.37. The highest BCUT2D eigenvalue weighted by Gasteiger charge is 2.10. The molecule has 0 aromatic heterocycles. The maximum Gasteiger partial charge on any atom is -0.00961 e. The Morgan fingerprint density at radius 3 is 1.95 bits per heavy atom. The monoisotopic (exact) mass is 270 g/mol. The maximum atomic E-state index is 2.39. The van der Waals surface area contributed by atoms with E-state index in [-0.39, 0.29) is 0 Å². The molecule has 0 bridgehead atoms. The van der Waals surface area contributed by atoms with Crippen LogP contribution >= 0.6 is 0 Å². The first kappa shape index (κ1) is 12.4. The molecule has 0 unspecified atom stereocenters. The topological polar surface area (TPSA) is 0 Å². The summed E-state index contributed by atoms with van der Waals surface area (Å²) >= 11 is 0.